The molecule has 1 aliphatic carbocycles. The number of fused-ring (bicyclic) bond motifs is 1. The average Bonchev–Trinajstić information content (AvgIpc) is 2.83. The Hall–Kier alpha value is -1.66. The van der Waals surface area contributed by atoms with Gasteiger partial charge in [0, 0.05) is 31.3 Å². The molecule has 2 unspecified atom stereocenters. The number of halogens is 1. The zero-order chi connectivity index (χ0) is 13.6. The van der Waals surface area contributed by atoms with Crippen LogP contribution in [0.3, 0.4) is 0 Å². The summed E-state index contributed by atoms with van der Waals surface area (Å²) in [6.45, 7) is 1.83. The molecule has 6 nitrogen and oxygen atoms in total. The van der Waals surface area contributed by atoms with Crippen molar-refractivity contribution >= 4 is 23.2 Å². The van der Waals surface area contributed by atoms with Gasteiger partial charge in [-0.2, -0.15) is 0 Å². The van der Waals surface area contributed by atoms with Gasteiger partial charge in [0.15, 0.2) is 0 Å². The van der Waals surface area contributed by atoms with Crippen LogP contribution in [-0.4, -0.2) is 30.0 Å². The third-order valence-corrected chi connectivity index (χ3v) is 4.12. The van der Waals surface area contributed by atoms with Gasteiger partial charge < -0.3 is 10.6 Å². The van der Waals surface area contributed by atoms with Crippen molar-refractivity contribution in [2.24, 2.45) is 11.8 Å². The van der Waals surface area contributed by atoms with Crippen LogP contribution in [0.2, 0.25) is 5.02 Å². The number of hydrogen-bond acceptors (Lipinski definition) is 4. The summed E-state index contributed by atoms with van der Waals surface area (Å²) in [5, 5.41) is 17.1. The smallest absolute Gasteiger partial charge is 0.270 e. The molecule has 2 N–H and O–H groups in total. The first-order valence-electron chi connectivity index (χ1n) is 6.03. The summed E-state index contributed by atoms with van der Waals surface area (Å²) < 4.78 is 0. The van der Waals surface area contributed by atoms with Crippen molar-refractivity contribution in [3.8, 4) is 0 Å². The Labute approximate surface area is 114 Å². The van der Waals surface area contributed by atoms with E-state index in [-0.39, 0.29) is 28.2 Å². The molecule has 7 heteroatoms. The van der Waals surface area contributed by atoms with Crippen LogP contribution < -0.4 is 10.6 Å². The maximum Gasteiger partial charge on any atom is 0.270 e. The first kappa shape index (κ1) is 12.4. The number of carbonyl (C=O) groups is 1. The van der Waals surface area contributed by atoms with Crippen LogP contribution >= 0.6 is 11.6 Å². The van der Waals surface area contributed by atoms with Gasteiger partial charge in [0.1, 0.15) is 0 Å². The molecule has 1 saturated carbocycles. The van der Waals surface area contributed by atoms with Crippen LogP contribution in [0.4, 0.5) is 5.69 Å². The number of nitrogens with zero attached hydrogens (tertiary/aromatic N) is 1. The molecule has 2 aliphatic rings. The van der Waals surface area contributed by atoms with Gasteiger partial charge in [-0.25, -0.2) is 0 Å². The Morgan fingerprint density at radius 1 is 1.42 bits per heavy atom. The quantitative estimate of drug-likeness (QED) is 0.644. The highest BCUT2D eigenvalue weighted by Crippen LogP contribution is 2.41. The molecule has 0 aromatic heterocycles. The second-order valence-corrected chi connectivity index (χ2v) is 5.31. The van der Waals surface area contributed by atoms with Crippen molar-refractivity contribution in [1.82, 2.24) is 10.6 Å². The van der Waals surface area contributed by atoms with Crippen molar-refractivity contribution in [1.29, 1.82) is 0 Å². The van der Waals surface area contributed by atoms with E-state index in [2.05, 4.69) is 10.6 Å². The fourth-order valence-corrected chi connectivity index (χ4v) is 2.87. The van der Waals surface area contributed by atoms with Crippen LogP contribution in [0.15, 0.2) is 18.2 Å². The molecule has 3 rings (SSSR count). The van der Waals surface area contributed by atoms with Gasteiger partial charge >= 0.3 is 0 Å². The van der Waals surface area contributed by atoms with Crippen molar-refractivity contribution < 1.29 is 9.72 Å². The Balaban J connectivity index is 1.75. The van der Waals surface area contributed by atoms with E-state index >= 15 is 0 Å². The number of amides is 1. The molecule has 19 heavy (non-hydrogen) atoms. The van der Waals surface area contributed by atoms with Gasteiger partial charge in [-0.1, -0.05) is 11.6 Å². The van der Waals surface area contributed by atoms with E-state index in [4.69, 9.17) is 11.6 Å². The molecule has 0 radical (unpaired) electrons. The number of nitrogens with one attached hydrogen (secondary N) is 2. The van der Waals surface area contributed by atoms with E-state index in [9.17, 15) is 14.9 Å². The minimum atomic E-state index is -0.539. The van der Waals surface area contributed by atoms with Crippen LogP contribution in [0.5, 0.6) is 0 Å². The Kier molecular flexibility index (Phi) is 2.91. The second-order valence-electron chi connectivity index (χ2n) is 4.91. The van der Waals surface area contributed by atoms with Gasteiger partial charge in [0.25, 0.3) is 11.6 Å². The Morgan fingerprint density at radius 3 is 2.74 bits per heavy atom. The van der Waals surface area contributed by atoms with Crippen molar-refractivity contribution in [2.45, 2.75) is 6.04 Å². The lowest BCUT2D eigenvalue weighted by Gasteiger charge is -2.08. The van der Waals surface area contributed by atoms with Crippen molar-refractivity contribution in [3.05, 3.63) is 38.9 Å². The summed E-state index contributed by atoms with van der Waals surface area (Å²) in [6, 6.07) is 4.05. The summed E-state index contributed by atoms with van der Waals surface area (Å²) >= 11 is 5.92. The fourth-order valence-electron chi connectivity index (χ4n) is 2.66. The molecule has 1 aromatic rings. The number of non-ortho nitro benzene ring substituents is 1. The minimum absolute atomic E-state index is 0.132. The second kappa shape index (κ2) is 4.47. The summed E-state index contributed by atoms with van der Waals surface area (Å²) in [5.74, 6) is 0.635. The largest absolute Gasteiger partial charge is 0.349 e. The lowest BCUT2D eigenvalue weighted by molar-refractivity contribution is -0.384. The minimum Gasteiger partial charge on any atom is -0.349 e. The number of nitro groups is 1. The normalized spacial score (nSPS) is 27.7. The number of nitro benzene ring substituents is 1. The van der Waals surface area contributed by atoms with Crippen LogP contribution in [0, 0.1) is 22.0 Å². The predicted octanol–water partition coefficient (Wildman–Crippen LogP) is 1.20. The summed E-state index contributed by atoms with van der Waals surface area (Å²) in [6.07, 6.45) is 0. The number of carbonyl (C=O) groups excluding carboxylic acids is 1. The summed E-state index contributed by atoms with van der Waals surface area (Å²) in [7, 11) is 0. The van der Waals surface area contributed by atoms with E-state index in [0.29, 0.717) is 11.8 Å². The monoisotopic (exact) mass is 281 g/mol. The van der Waals surface area contributed by atoms with Crippen molar-refractivity contribution in [3.63, 3.8) is 0 Å². The van der Waals surface area contributed by atoms with Gasteiger partial charge in [0.2, 0.25) is 0 Å². The molecule has 1 aliphatic heterocycles. The van der Waals surface area contributed by atoms with Crippen LogP contribution in [0.25, 0.3) is 0 Å². The molecule has 0 spiro atoms. The zero-order valence-corrected chi connectivity index (χ0v) is 10.7. The number of hydrogen-bond donors (Lipinski definition) is 2. The van der Waals surface area contributed by atoms with Gasteiger partial charge in [0.05, 0.1) is 15.5 Å². The fraction of sp³-hybridized carbons (Fsp3) is 0.417. The third-order valence-electron chi connectivity index (χ3n) is 3.79. The molecule has 2 atom stereocenters. The lowest BCUT2D eigenvalue weighted by atomic mass is 10.2. The van der Waals surface area contributed by atoms with Gasteiger partial charge in [-0.3, -0.25) is 14.9 Å². The highest BCUT2D eigenvalue weighted by Gasteiger charge is 2.53. The van der Waals surface area contributed by atoms with Gasteiger partial charge in [-0.15, -0.1) is 0 Å². The van der Waals surface area contributed by atoms with Crippen LogP contribution in [0.1, 0.15) is 10.4 Å². The highest BCUT2D eigenvalue weighted by atomic mass is 35.5. The molecular weight excluding hydrogens is 270 g/mol. The first-order chi connectivity index (χ1) is 9.08. The third kappa shape index (κ3) is 2.17. The molecule has 1 aromatic carbocycles. The molecule has 1 heterocycles. The first-order valence-corrected chi connectivity index (χ1v) is 6.41. The Bertz CT molecular complexity index is 553. The molecule has 1 saturated heterocycles. The lowest BCUT2D eigenvalue weighted by Crippen LogP contribution is -2.32. The SMILES string of the molecule is O=C(NC1C2CNCC21)c1cc([N+](=O)[O-])ccc1Cl. The molecular formula is C12H12ClN3O3. The van der Waals surface area contributed by atoms with E-state index in [1.54, 1.807) is 0 Å². The molecule has 2 fully saturated rings. The van der Waals surface area contributed by atoms with Crippen molar-refractivity contribution in [2.75, 3.05) is 13.1 Å². The summed E-state index contributed by atoms with van der Waals surface area (Å²) in [5.41, 5.74) is 0.0287. The van der Waals surface area contributed by atoms with E-state index in [0.717, 1.165) is 13.1 Å². The molecule has 0 bridgehead atoms. The Morgan fingerprint density at radius 2 is 2.11 bits per heavy atom. The van der Waals surface area contributed by atoms with Crippen LogP contribution in [-0.2, 0) is 0 Å². The van der Waals surface area contributed by atoms with E-state index in [1.165, 1.54) is 18.2 Å². The maximum atomic E-state index is 12.1. The molecule has 100 valence electrons. The maximum absolute atomic E-state index is 12.1. The van der Waals surface area contributed by atoms with E-state index in [1.807, 2.05) is 0 Å². The van der Waals surface area contributed by atoms with E-state index < -0.39 is 4.92 Å². The number of rotatable bonds is 3. The number of piperidine rings is 1. The molecule has 1 amide bonds. The summed E-state index contributed by atoms with van der Waals surface area (Å²) in [4.78, 5) is 22.2. The zero-order valence-electron chi connectivity index (χ0n) is 9.93. The van der Waals surface area contributed by atoms with Gasteiger partial charge in [-0.05, 0) is 17.9 Å². The number of benzene rings is 1. The predicted molar refractivity (Wildman–Crippen MR) is 69.2 cm³/mol. The topological polar surface area (TPSA) is 84.3 Å². The highest BCUT2D eigenvalue weighted by molar-refractivity contribution is 6.34. The standard InChI is InChI=1S/C12H12ClN3O3/c13-10-2-1-6(16(18)19)3-7(10)12(17)15-11-8-4-14-5-9(8)11/h1-3,8-9,11,14H,4-5H2,(H,15,17). The average molecular weight is 282 g/mol.